The number of nitrogens with zero attached hydrogens (tertiary/aromatic N) is 1. The predicted molar refractivity (Wildman–Crippen MR) is 131 cm³/mol. The van der Waals surface area contributed by atoms with Gasteiger partial charge in [0.1, 0.15) is 12.2 Å². The van der Waals surface area contributed by atoms with E-state index in [0.717, 1.165) is 5.56 Å². The fourth-order valence-corrected chi connectivity index (χ4v) is 3.97. The zero-order valence-corrected chi connectivity index (χ0v) is 19.9. The van der Waals surface area contributed by atoms with Gasteiger partial charge >= 0.3 is 0 Å². The van der Waals surface area contributed by atoms with E-state index in [9.17, 15) is 9.59 Å². The molecule has 0 unspecified atom stereocenters. The number of anilines is 1. The van der Waals surface area contributed by atoms with E-state index < -0.39 is 11.8 Å². The molecule has 33 heavy (non-hydrogen) atoms. The number of hydrogen-bond acceptors (Lipinski definition) is 4. The summed E-state index contributed by atoms with van der Waals surface area (Å²) < 4.78 is 12.5. The third-order valence-electron chi connectivity index (χ3n) is 5.05. The van der Waals surface area contributed by atoms with Gasteiger partial charge in [0.2, 0.25) is 0 Å². The van der Waals surface area contributed by atoms with Crippen molar-refractivity contribution in [3.63, 3.8) is 0 Å². The lowest BCUT2D eigenvalue weighted by molar-refractivity contribution is -0.117. The van der Waals surface area contributed by atoms with Crippen molar-refractivity contribution >= 4 is 39.5 Å². The highest BCUT2D eigenvalue weighted by Gasteiger charge is 2.34. The summed E-state index contributed by atoms with van der Waals surface area (Å²) in [6.45, 7) is 4.74. The maximum absolute atomic E-state index is 12.9. The number of aryl methyl sites for hydroxylation is 1. The molecule has 1 aliphatic rings. The summed E-state index contributed by atoms with van der Waals surface area (Å²) in [6, 6.07) is 20.6. The summed E-state index contributed by atoms with van der Waals surface area (Å²) in [7, 11) is 0. The third-order valence-corrected chi connectivity index (χ3v) is 5.64. The maximum atomic E-state index is 12.9. The molecule has 3 aromatic carbocycles. The minimum Gasteiger partial charge on any atom is -0.490 e. The van der Waals surface area contributed by atoms with E-state index in [-0.39, 0.29) is 5.57 Å². The fourth-order valence-electron chi connectivity index (χ4n) is 3.40. The number of hydrogen-bond donors (Lipinski definition) is 1. The Morgan fingerprint density at radius 2 is 1.73 bits per heavy atom. The van der Waals surface area contributed by atoms with Crippen LogP contribution in [0.15, 0.2) is 76.8 Å². The van der Waals surface area contributed by atoms with Crippen LogP contribution in [0.1, 0.15) is 23.6 Å². The summed E-state index contributed by atoms with van der Waals surface area (Å²) in [5.74, 6) is 0.210. The average molecular weight is 507 g/mol. The molecule has 7 heteroatoms. The molecule has 1 heterocycles. The smallest absolute Gasteiger partial charge is 0.282 e. The lowest BCUT2D eigenvalue weighted by Crippen LogP contribution is -2.35. The van der Waals surface area contributed by atoms with Gasteiger partial charge in [0.25, 0.3) is 11.8 Å². The van der Waals surface area contributed by atoms with E-state index in [0.29, 0.717) is 40.4 Å². The van der Waals surface area contributed by atoms with E-state index in [1.165, 1.54) is 10.6 Å². The van der Waals surface area contributed by atoms with Crippen LogP contribution in [0.5, 0.6) is 11.5 Å². The Hall–Kier alpha value is -3.58. The van der Waals surface area contributed by atoms with Crippen LogP contribution in [0.4, 0.5) is 5.69 Å². The van der Waals surface area contributed by atoms with Crippen molar-refractivity contribution in [1.82, 2.24) is 5.43 Å². The molecule has 0 atom stereocenters. The molecule has 0 saturated carbocycles. The van der Waals surface area contributed by atoms with Crippen LogP contribution in [-0.2, 0) is 16.2 Å². The van der Waals surface area contributed by atoms with E-state index in [4.69, 9.17) is 9.47 Å². The van der Waals surface area contributed by atoms with E-state index in [1.807, 2.05) is 44.2 Å². The molecule has 3 aromatic rings. The van der Waals surface area contributed by atoms with Crippen LogP contribution in [0.25, 0.3) is 6.08 Å². The van der Waals surface area contributed by atoms with Crippen molar-refractivity contribution < 1.29 is 19.1 Å². The second-order valence-electron chi connectivity index (χ2n) is 7.51. The molecule has 0 spiro atoms. The highest BCUT2D eigenvalue weighted by atomic mass is 79.9. The molecule has 4 rings (SSSR count). The highest BCUT2D eigenvalue weighted by molar-refractivity contribution is 9.10. The second kappa shape index (κ2) is 9.92. The quantitative estimate of drug-likeness (QED) is 0.353. The Morgan fingerprint density at radius 3 is 2.42 bits per heavy atom. The summed E-state index contributed by atoms with van der Waals surface area (Å²) in [5, 5.41) is 1.24. The molecule has 6 nitrogen and oxygen atoms in total. The summed E-state index contributed by atoms with van der Waals surface area (Å²) >= 11 is 3.55. The first kappa shape index (κ1) is 22.6. The van der Waals surface area contributed by atoms with Crippen molar-refractivity contribution in [1.29, 1.82) is 0 Å². The van der Waals surface area contributed by atoms with E-state index >= 15 is 0 Å². The van der Waals surface area contributed by atoms with Crippen molar-refractivity contribution in [2.75, 3.05) is 11.6 Å². The van der Waals surface area contributed by atoms with Crippen LogP contribution in [-0.4, -0.2) is 18.4 Å². The number of benzene rings is 3. The van der Waals surface area contributed by atoms with Gasteiger partial charge in [-0.1, -0.05) is 48.0 Å². The number of carbonyl (C=O) groups excluding carboxylic acids is 2. The molecule has 0 aliphatic carbocycles. The molecule has 168 valence electrons. The molecule has 1 saturated heterocycles. The molecule has 1 fully saturated rings. The number of amides is 2. The van der Waals surface area contributed by atoms with Crippen LogP contribution in [0.2, 0.25) is 0 Å². The summed E-state index contributed by atoms with van der Waals surface area (Å²) in [5.41, 5.74) is 6.10. The first-order valence-electron chi connectivity index (χ1n) is 10.5. The van der Waals surface area contributed by atoms with Gasteiger partial charge in [-0.15, -0.1) is 0 Å². The Bertz CT molecular complexity index is 1210. The normalized spacial score (nSPS) is 14.5. The Labute approximate surface area is 200 Å². The number of halogens is 1. The molecular formula is C26H23BrN2O4. The lowest BCUT2D eigenvalue weighted by atomic mass is 10.1. The largest absolute Gasteiger partial charge is 0.490 e. The van der Waals surface area contributed by atoms with Gasteiger partial charge < -0.3 is 9.47 Å². The van der Waals surface area contributed by atoms with Crippen LogP contribution in [0, 0.1) is 6.92 Å². The first-order valence-corrected chi connectivity index (χ1v) is 11.3. The zero-order valence-electron chi connectivity index (χ0n) is 18.3. The van der Waals surface area contributed by atoms with Crippen LogP contribution in [0.3, 0.4) is 0 Å². The van der Waals surface area contributed by atoms with Crippen LogP contribution < -0.4 is 19.9 Å². The third kappa shape index (κ3) is 5.09. The number of ether oxygens (including phenoxy) is 2. The predicted octanol–water partition coefficient (Wildman–Crippen LogP) is 5.20. The van der Waals surface area contributed by atoms with Gasteiger partial charge in [-0.2, -0.15) is 0 Å². The standard InChI is InChI=1S/C26H23BrN2O4/c1-3-32-23-15-19(14-22(27)24(23)33-16-18-11-9-17(2)10-12-18)13-21-25(30)28-29(26(21)31)20-7-5-4-6-8-20/h4-15H,3,16H2,1-2H3,(H,28,30). The Morgan fingerprint density at radius 1 is 1.00 bits per heavy atom. The number of carbonyl (C=O) groups is 2. The van der Waals surface area contributed by atoms with Crippen molar-refractivity contribution in [2.24, 2.45) is 0 Å². The van der Waals surface area contributed by atoms with Gasteiger partial charge in [-0.3, -0.25) is 15.0 Å². The number of rotatable bonds is 7. The lowest BCUT2D eigenvalue weighted by Gasteiger charge is -2.15. The average Bonchev–Trinajstić information content (AvgIpc) is 3.09. The minimum atomic E-state index is -0.461. The molecule has 2 amide bonds. The van der Waals surface area contributed by atoms with Crippen LogP contribution >= 0.6 is 15.9 Å². The second-order valence-corrected chi connectivity index (χ2v) is 8.37. The molecule has 0 radical (unpaired) electrons. The van der Waals surface area contributed by atoms with E-state index in [1.54, 1.807) is 42.5 Å². The highest BCUT2D eigenvalue weighted by Crippen LogP contribution is 2.38. The van der Waals surface area contributed by atoms with Gasteiger partial charge in [0.15, 0.2) is 11.5 Å². The molecule has 0 aromatic heterocycles. The number of hydrazine groups is 1. The van der Waals surface area contributed by atoms with Gasteiger partial charge in [0, 0.05) is 0 Å². The number of nitrogens with one attached hydrogen (secondary N) is 1. The molecule has 1 aliphatic heterocycles. The minimum absolute atomic E-state index is 0.0431. The van der Waals surface area contributed by atoms with E-state index in [2.05, 4.69) is 21.4 Å². The maximum Gasteiger partial charge on any atom is 0.282 e. The Balaban J connectivity index is 1.60. The first-order chi connectivity index (χ1) is 16.0. The SMILES string of the molecule is CCOc1cc(C=C2C(=O)NN(c3ccccc3)C2=O)cc(Br)c1OCc1ccc(C)cc1. The van der Waals surface area contributed by atoms with Gasteiger partial charge in [-0.05, 0) is 71.2 Å². The summed E-state index contributed by atoms with van der Waals surface area (Å²) in [4.78, 5) is 25.4. The number of para-hydroxylation sites is 1. The fraction of sp³-hybridized carbons (Fsp3) is 0.154. The van der Waals surface area contributed by atoms with Gasteiger partial charge in [0.05, 0.1) is 16.8 Å². The topological polar surface area (TPSA) is 67.9 Å². The van der Waals surface area contributed by atoms with Crippen molar-refractivity contribution in [3.8, 4) is 11.5 Å². The molecule has 1 N–H and O–H groups in total. The zero-order chi connectivity index (χ0) is 23.4. The van der Waals surface area contributed by atoms with Gasteiger partial charge in [-0.25, -0.2) is 5.01 Å². The molecule has 0 bridgehead atoms. The summed E-state index contributed by atoms with van der Waals surface area (Å²) in [6.07, 6.45) is 1.55. The monoisotopic (exact) mass is 506 g/mol. The molecular weight excluding hydrogens is 484 g/mol. The van der Waals surface area contributed by atoms with Crippen molar-refractivity contribution in [3.05, 3.63) is 93.5 Å². The van der Waals surface area contributed by atoms with Crippen molar-refractivity contribution in [2.45, 2.75) is 20.5 Å². The Kier molecular flexibility index (Phi) is 6.79.